The highest BCUT2D eigenvalue weighted by molar-refractivity contribution is 5.95. The van der Waals surface area contributed by atoms with Crippen LogP contribution in [0, 0.1) is 0 Å². The lowest BCUT2D eigenvalue weighted by atomic mass is 9.95. The number of carbonyl (C=O) groups excluding carboxylic acids is 1. The first-order valence-corrected chi connectivity index (χ1v) is 7.61. The first-order valence-electron chi connectivity index (χ1n) is 7.61. The molecule has 0 saturated carbocycles. The molecule has 3 aromatic rings. The number of primary amides is 1. The fourth-order valence-electron chi connectivity index (χ4n) is 2.69. The Bertz CT molecular complexity index is 798. The van der Waals surface area contributed by atoms with Crippen LogP contribution in [0.2, 0.25) is 0 Å². The van der Waals surface area contributed by atoms with Gasteiger partial charge in [-0.2, -0.15) is 0 Å². The summed E-state index contributed by atoms with van der Waals surface area (Å²) in [6, 6.07) is 20.0. The second kappa shape index (κ2) is 6.88. The normalized spacial score (nSPS) is 10.4. The van der Waals surface area contributed by atoms with Crippen LogP contribution in [-0.2, 0) is 12.8 Å². The Balaban J connectivity index is 1.91. The maximum atomic E-state index is 11.7. The smallest absolute Gasteiger partial charge is 0.248 e. The molecule has 3 nitrogen and oxygen atoms in total. The molecule has 0 spiro atoms. The number of carbonyl (C=O) groups is 1. The van der Waals surface area contributed by atoms with Gasteiger partial charge in [0.25, 0.3) is 0 Å². The van der Waals surface area contributed by atoms with Gasteiger partial charge in [0, 0.05) is 18.0 Å². The van der Waals surface area contributed by atoms with Crippen LogP contribution in [0.25, 0.3) is 11.1 Å². The van der Waals surface area contributed by atoms with Gasteiger partial charge in [-0.3, -0.25) is 9.78 Å². The van der Waals surface area contributed by atoms with Crippen LogP contribution in [-0.4, -0.2) is 10.9 Å². The van der Waals surface area contributed by atoms with E-state index in [1.807, 2.05) is 42.5 Å². The number of hydrogen-bond acceptors (Lipinski definition) is 2. The van der Waals surface area contributed by atoms with Gasteiger partial charge in [0.05, 0.1) is 0 Å². The van der Waals surface area contributed by atoms with Gasteiger partial charge < -0.3 is 5.73 Å². The molecule has 0 aliphatic heterocycles. The zero-order chi connectivity index (χ0) is 16.1. The Morgan fingerprint density at radius 1 is 0.870 bits per heavy atom. The van der Waals surface area contributed by atoms with Crippen LogP contribution >= 0.6 is 0 Å². The average molecular weight is 302 g/mol. The number of benzene rings is 2. The van der Waals surface area contributed by atoms with Crippen LogP contribution in [0.1, 0.15) is 21.5 Å². The molecule has 1 aromatic heterocycles. The number of amides is 1. The molecule has 0 unspecified atom stereocenters. The lowest BCUT2D eigenvalue weighted by Crippen LogP contribution is -2.14. The number of pyridine rings is 1. The van der Waals surface area contributed by atoms with Crippen molar-refractivity contribution in [2.45, 2.75) is 12.8 Å². The minimum absolute atomic E-state index is 0.380. The van der Waals surface area contributed by atoms with Crippen LogP contribution in [0.15, 0.2) is 73.1 Å². The average Bonchev–Trinajstić information content (AvgIpc) is 2.61. The summed E-state index contributed by atoms with van der Waals surface area (Å²) in [6.07, 6.45) is 5.18. The van der Waals surface area contributed by atoms with Crippen LogP contribution in [0.3, 0.4) is 0 Å². The molecular formula is C20H18N2O. The standard InChI is InChI=1S/C20H18N2O/c21-20(23)19-9-8-17(16-10-12-22-13-11-16)14-18(19)7-6-15-4-2-1-3-5-15/h1-5,8-14H,6-7H2,(H2,21,23). The number of hydrogen-bond donors (Lipinski definition) is 1. The van der Waals surface area contributed by atoms with E-state index in [2.05, 4.69) is 23.2 Å². The highest BCUT2D eigenvalue weighted by Gasteiger charge is 2.10. The zero-order valence-corrected chi connectivity index (χ0v) is 12.8. The van der Waals surface area contributed by atoms with E-state index in [4.69, 9.17) is 5.73 Å². The molecule has 3 rings (SSSR count). The van der Waals surface area contributed by atoms with Crippen LogP contribution in [0.5, 0.6) is 0 Å². The molecule has 3 heteroatoms. The summed E-state index contributed by atoms with van der Waals surface area (Å²) in [7, 11) is 0. The molecule has 23 heavy (non-hydrogen) atoms. The maximum Gasteiger partial charge on any atom is 0.248 e. The predicted molar refractivity (Wildman–Crippen MR) is 92.0 cm³/mol. The van der Waals surface area contributed by atoms with Crippen molar-refractivity contribution in [3.05, 3.63) is 89.7 Å². The molecule has 0 aliphatic rings. The maximum absolute atomic E-state index is 11.7. The molecule has 2 aromatic carbocycles. The molecule has 0 radical (unpaired) electrons. The van der Waals surface area contributed by atoms with E-state index < -0.39 is 0 Å². The van der Waals surface area contributed by atoms with Crippen molar-refractivity contribution in [3.63, 3.8) is 0 Å². The van der Waals surface area contributed by atoms with E-state index in [1.54, 1.807) is 12.4 Å². The topological polar surface area (TPSA) is 56.0 Å². The van der Waals surface area contributed by atoms with E-state index in [0.29, 0.717) is 5.56 Å². The summed E-state index contributed by atoms with van der Waals surface area (Å²) in [5, 5.41) is 0. The number of nitrogens with zero attached hydrogens (tertiary/aromatic N) is 1. The molecule has 0 aliphatic carbocycles. The fourth-order valence-corrected chi connectivity index (χ4v) is 2.69. The largest absolute Gasteiger partial charge is 0.366 e. The zero-order valence-electron chi connectivity index (χ0n) is 12.8. The number of aryl methyl sites for hydroxylation is 2. The fraction of sp³-hybridized carbons (Fsp3) is 0.100. The summed E-state index contributed by atoms with van der Waals surface area (Å²) in [5.41, 5.74) is 10.5. The molecule has 0 atom stereocenters. The van der Waals surface area contributed by atoms with Gasteiger partial charge in [0.1, 0.15) is 0 Å². The molecule has 0 bridgehead atoms. The van der Waals surface area contributed by atoms with E-state index in [1.165, 1.54) is 5.56 Å². The molecular weight excluding hydrogens is 284 g/mol. The van der Waals surface area contributed by atoms with Crippen LogP contribution in [0.4, 0.5) is 0 Å². The summed E-state index contributed by atoms with van der Waals surface area (Å²) in [6.45, 7) is 0. The second-order valence-electron chi connectivity index (χ2n) is 5.46. The van der Waals surface area contributed by atoms with Crippen molar-refractivity contribution in [2.24, 2.45) is 5.73 Å². The Hall–Kier alpha value is -2.94. The molecule has 0 saturated heterocycles. The highest BCUT2D eigenvalue weighted by Crippen LogP contribution is 2.23. The Morgan fingerprint density at radius 2 is 1.61 bits per heavy atom. The molecule has 1 heterocycles. The van der Waals surface area contributed by atoms with Gasteiger partial charge in [-0.25, -0.2) is 0 Å². The van der Waals surface area contributed by atoms with Gasteiger partial charge >= 0.3 is 0 Å². The van der Waals surface area contributed by atoms with E-state index >= 15 is 0 Å². The van der Waals surface area contributed by atoms with E-state index in [9.17, 15) is 4.79 Å². The molecule has 114 valence electrons. The van der Waals surface area contributed by atoms with Crippen LogP contribution < -0.4 is 5.73 Å². The number of rotatable bonds is 5. The first-order chi connectivity index (χ1) is 11.2. The summed E-state index contributed by atoms with van der Waals surface area (Å²) >= 11 is 0. The highest BCUT2D eigenvalue weighted by atomic mass is 16.1. The van der Waals surface area contributed by atoms with Gasteiger partial charge in [0.2, 0.25) is 5.91 Å². The van der Waals surface area contributed by atoms with Crippen molar-refractivity contribution in [3.8, 4) is 11.1 Å². The van der Waals surface area contributed by atoms with E-state index in [-0.39, 0.29) is 5.91 Å². The van der Waals surface area contributed by atoms with Gasteiger partial charge in [-0.15, -0.1) is 0 Å². The van der Waals surface area contributed by atoms with Crippen molar-refractivity contribution in [1.82, 2.24) is 4.98 Å². The summed E-state index contributed by atoms with van der Waals surface area (Å²) in [5.74, 6) is -0.380. The third kappa shape index (κ3) is 3.64. The van der Waals surface area contributed by atoms with Crippen molar-refractivity contribution < 1.29 is 4.79 Å². The number of nitrogens with two attached hydrogens (primary N) is 1. The summed E-state index contributed by atoms with van der Waals surface area (Å²) in [4.78, 5) is 15.7. The quantitative estimate of drug-likeness (QED) is 0.782. The van der Waals surface area contributed by atoms with E-state index in [0.717, 1.165) is 29.5 Å². The monoisotopic (exact) mass is 302 g/mol. The van der Waals surface area contributed by atoms with Gasteiger partial charge in [-0.1, -0.05) is 42.5 Å². The lowest BCUT2D eigenvalue weighted by Gasteiger charge is -2.10. The lowest BCUT2D eigenvalue weighted by molar-refractivity contribution is 0.0999. The Morgan fingerprint density at radius 3 is 2.30 bits per heavy atom. The third-order valence-electron chi connectivity index (χ3n) is 3.91. The van der Waals surface area contributed by atoms with Crippen molar-refractivity contribution in [2.75, 3.05) is 0 Å². The molecule has 2 N–H and O–H groups in total. The minimum Gasteiger partial charge on any atom is -0.366 e. The van der Waals surface area contributed by atoms with Gasteiger partial charge in [0.15, 0.2) is 0 Å². The Labute approximate surface area is 135 Å². The van der Waals surface area contributed by atoms with Crippen molar-refractivity contribution in [1.29, 1.82) is 0 Å². The predicted octanol–water partition coefficient (Wildman–Crippen LogP) is 3.63. The molecule has 1 amide bonds. The van der Waals surface area contributed by atoms with Crippen molar-refractivity contribution >= 4 is 5.91 Å². The second-order valence-corrected chi connectivity index (χ2v) is 5.46. The van der Waals surface area contributed by atoms with Gasteiger partial charge in [-0.05, 0) is 53.3 Å². The summed E-state index contributed by atoms with van der Waals surface area (Å²) < 4.78 is 0. The Kier molecular flexibility index (Phi) is 4.48. The third-order valence-corrected chi connectivity index (χ3v) is 3.91. The SMILES string of the molecule is NC(=O)c1ccc(-c2ccncc2)cc1CCc1ccccc1. The minimum atomic E-state index is -0.380. The first kappa shape index (κ1) is 15.0. The molecule has 0 fully saturated rings. The number of aromatic nitrogens is 1.